The molecule has 0 unspecified atom stereocenters. The van der Waals surface area contributed by atoms with Crippen LogP contribution in [-0.2, 0) is 16.6 Å². The fourth-order valence-electron chi connectivity index (χ4n) is 1.92. The third kappa shape index (κ3) is 4.93. The number of aryl methyl sites for hydroxylation is 1. The summed E-state index contributed by atoms with van der Waals surface area (Å²) in [5, 5.41) is 0. The molecule has 0 saturated heterocycles. The third-order valence-corrected chi connectivity index (χ3v) is 4.44. The molecule has 4 nitrogen and oxygen atoms in total. The second kappa shape index (κ2) is 6.78. The zero-order chi connectivity index (χ0) is 18.0. The zero-order valence-corrected chi connectivity index (χ0v) is 13.2. The Hall–Kier alpha value is -2.13. The monoisotopic (exact) mass is 363 g/mol. The average Bonchev–Trinajstić information content (AvgIpc) is 2.47. The van der Waals surface area contributed by atoms with Crippen molar-refractivity contribution in [2.75, 3.05) is 0 Å². The highest BCUT2D eigenvalue weighted by Crippen LogP contribution is 2.25. The molecule has 0 radical (unpaired) electrons. The lowest BCUT2D eigenvalue weighted by molar-refractivity contribution is -0.274. The van der Waals surface area contributed by atoms with Gasteiger partial charge in [-0.05, 0) is 36.2 Å². The van der Waals surface area contributed by atoms with Crippen molar-refractivity contribution in [1.82, 2.24) is 4.72 Å². The van der Waals surface area contributed by atoms with Crippen molar-refractivity contribution in [2.24, 2.45) is 0 Å². The lowest BCUT2D eigenvalue weighted by Gasteiger charge is -2.11. The summed E-state index contributed by atoms with van der Waals surface area (Å²) in [6.45, 7) is 1.40. The van der Waals surface area contributed by atoms with E-state index in [2.05, 4.69) is 9.46 Å². The van der Waals surface area contributed by atoms with Gasteiger partial charge < -0.3 is 4.74 Å². The van der Waals surface area contributed by atoms with Gasteiger partial charge in [-0.25, -0.2) is 17.5 Å². The topological polar surface area (TPSA) is 55.4 Å². The Morgan fingerprint density at radius 2 is 1.83 bits per heavy atom. The molecule has 0 heterocycles. The Labute approximate surface area is 136 Å². The van der Waals surface area contributed by atoms with Crippen LogP contribution in [0, 0.1) is 12.7 Å². The Balaban J connectivity index is 2.15. The van der Waals surface area contributed by atoms with Gasteiger partial charge in [-0.15, -0.1) is 13.2 Å². The van der Waals surface area contributed by atoms with Crippen LogP contribution in [0.3, 0.4) is 0 Å². The van der Waals surface area contributed by atoms with Crippen molar-refractivity contribution in [2.45, 2.75) is 24.7 Å². The molecule has 0 spiro atoms. The van der Waals surface area contributed by atoms with Crippen LogP contribution in [-0.4, -0.2) is 14.8 Å². The van der Waals surface area contributed by atoms with Crippen LogP contribution in [0.1, 0.15) is 11.1 Å². The lowest BCUT2D eigenvalue weighted by atomic mass is 10.1. The molecule has 130 valence electrons. The normalized spacial score (nSPS) is 12.2. The van der Waals surface area contributed by atoms with E-state index >= 15 is 0 Å². The van der Waals surface area contributed by atoms with Crippen LogP contribution in [0.4, 0.5) is 17.6 Å². The van der Waals surface area contributed by atoms with E-state index in [4.69, 9.17) is 0 Å². The number of benzene rings is 2. The summed E-state index contributed by atoms with van der Waals surface area (Å²) < 4.78 is 80.0. The van der Waals surface area contributed by atoms with Gasteiger partial charge in [0.1, 0.15) is 11.6 Å². The summed E-state index contributed by atoms with van der Waals surface area (Å²) in [6, 6.07) is 8.13. The first-order chi connectivity index (χ1) is 11.1. The van der Waals surface area contributed by atoms with Crippen molar-refractivity contribution >= 4 is 10.0 Å². The molecule has 0 fully saturated rings. The Kier molecular flexibility index (Phi) is 5.14. The van der Waals surface area contributed by atoms with E-state index in [1.807, 2.05) is 0 Å². The van der Waals surface area contributed by atoms with Crippen molar-refractivity contribution in [1.29, 1.82) is 0 Å². The summed E-state index contributed by atoms with van der Waals surface area (Å²) in [6.07, 6.45) is -4.92. The van der Waals surface area contributed by atoms with E-state index in [-0.39, 0.29) is 11.4 Å². The summed E-state index contributed by atoms with van der Waals surface area (Å²) >= 11 is 0. The minimum atomic E-state index is -4.92. The molecule has 0 amide bonds. The van der Waals surface area contributed by atoms with Crippen LogP contribution >= 0.6 is 0 Å². The highest BCUT2D eigenvalue weighted by Gasteiger charge is 2.31. The lowest BCUT2D eigenvalue weighted by Crippen LogP contribution is -2.23. The van der Waals surface area contributed by atoms with Crippen molar-refractivity contribution in [3.8, 4) is 5.75 Å². The molecule has 9 heteroatoms. The smallest absolute Gasteiger partial charge is 0.406 e. The second-order valence-corrected chi connectivity index (χ2v) is 6.70. The summed E-state index contributed by atoms with van der Waals surface area (Å²) in [4.78, 5) is -0.372. The minimum absolute atomic E-state index is 0.131. The van der Waals surface area contributed by atoms with Gasteiger partial charge in [0.2, 0.25) is 10.0 Å². The number of sulfonamides is 1. The summed E-state index contributed by atoms with van der Waals surface area (Å²) in [7, 11) is -4.05. The first-order valence-electron chi connectivity index (χ1n) is 6.67. The molecule has 0 atom stereocenters. The fraction of sp³-hybridized carbons (Fsp3) is 0.200. The van der Waals surface area contributed by atoms with Crippen molar-refractivity contribution in [3.05, 3.63) is 59.4 Å². The molecule has 0 bridgehead atoms. The van der Waals surface area contributed by atoms with E-state index < -0.39 is 28.0 Å². The second-order valence-electron chi connectivity index (χ2n) is 4.93. The molecular formula is C15H13F4NO3S. The van der Waals surface area contributed by atoms with Crippen LogP contribution in [0.25, 0.3) is 0 Å². The maximum Gasteiger partial charge on any atom is 0.573 e. The molecule has 2 aromatic rings. The van der Waals surface area contributed by atoms with Gasteiger partial charge in [0.05, 0.1) is 4.90 Å². The number of ether oxygens (including phenoxy) is 1. The Morgan fingerprint density at radius 1 is 1.12 bits per heavy atom. The maximum absolute atomic E-state index is 13.2. The van der Waals surface area contributed by atoms with Crippen LogP contribution in [0.15, 0.2) is 47.4 Å². The number of hydrogen-bond donors (Lipinski definition) is 1. The Bertz CT molecular complexity index is 835. The quantitative estimate of drug-likeness (QED) is 0.827. The first kappa shape index (κ1) is 18.2. The molecule has 2 rings (SSSR count). The third-order valence-electron chi connectivity index (χ3n) is 3.04. The molecule has 0 aliphatic rings. The fourth-order valence-corrected chi connectivity index (χ4v) is 2.97. The van der Waals surface area contributed by atoms with Gasteiger partial charge in [-0.1, -0.05) is 18.2 Å². The van der Waals surface area contributed by atoms with Gasteiger partial charge in [0.25, 0.3) is 0 Å². The number of halogens is 4. The zero-order valence-electron chi connectivity index (χ0n) is 12.4. The Morgan fingerprint density at radius 3 is 2.46 bits per heavy atom. The van der Waals surface area contributed by atoms with Gasteiger partial charge in [-0.3, -0.25) is 0 Å². The summed E-state index contributed by atoms with van der Waals surface area (Å²) in [5.41, 5.74) is 0.868. The summed E-state index contributed by atoms with van der Waals surface area (Å²) in [5.74, 6) is -1.05. The number of nitrogens with one attached hydrogen (secondary N) is 1. The molecule has 0 saturated carbocycles. The predicted molar refractivity (Wildman–Crippen MR) is 78.3 cm³/mol. The maximum atomic E-state index is 13.2. The molecule has 0 aliphatic heterocycles. The van der Waals surface area contributed by atoms with E-state index in [0.717, 1.165) is 24.3 Å². The van der Waals surface area contributed by atoms with Gasteiger partial charge in [-0.2, -0.15) is 0 Å². The van der Waals surface area contributed by atoms with Gasteiger partial charge in [0, 0.05) is 12.6 Å². The SMILES string of the molecule is Cc1cc(CNS(=O)(=O)c2cccc(OC(F)(F)F)c2)ccc1F. The largest absolute Gasteiger partial charge is 0.573 e. The van der Waals surface area contributed by atoms with Gasteiger partial charge >= 0.3 is 6.36 Å². The van der Waals surface area contributed by atoms with Crippen molar-refractivity contribution < 1.29 is 30.7 Å². The van der Waals surface area contributed by atoms with E-state index in [1.165, 1.54) is 25.1 Å². The van der Waals surface area contributed by atoms with Crippen LogP contribution in [0.5, 0.6) is 5.75 Å². The van der Waals surface area contributed by atoms with E-state index in [0.29, 0.717) is 11.1 Å². The van der Waals surface area contributed by atoms with E-state index in [9.17, 15) is 26.0 Å². The number of alkyl halides is 3. The minimum Gasteiger partial charge on any atom is -0.406 e. The standard InChI is InChI=1S/C15H13F4NO3S/c1-10-7-11(5-6-14(10)16)9-20-24(21,22)13-4-2-3-12(8-13)23-15(17,18)19/h2-8,20H,9H2,1H3. The van der Waals surface area contributed by atoms with Gasteiger partial charge in [0.15, 0.2) is 0 Å². The highest BCUT2D eigenvalue weighted by molar-refractivity contribution is 7.89. The van der Waals surface area contributed by atoms with Crippen molar-refractivity contribution in [3.63, 3.8) is 0 Å². The predicted octanol–water partition coefficient (Wildman–Crippen LogP) is 3.51. The number of hydrogen-bond acceptors (Lipinski definition) is 3. The molecule has 0 aromatic heterocycles. The highest BCUT2D eigenvalue weighted by atomic mass is 32.2. The molecule has 24 heavy (non-hydrogen) atoms. The average molecular weight is 363 g/mol. The molecule has 1 N–H and O–H groups in total. The van der Waals surface area contributed by atoms with Crippen LogP contribution in [0.2, 0.25) is 0 Å². The first-order valence-corrected chi connectivity index (χ1v) is 8.16. The molecular weight excluding hydrogens is 350 g/mol. The van der Waals surface area contributed by atoms with Crippen LogP contribution < -0.4 is 9.46 Å². The molecule has 0 aliphatic carbocycles. The number of rotatable bonds is 5. The molecule has 2 aromatic carbocycles. The van der Waals surface area contributed by atoms with E-state index in [1.54, 1.807) is 0 Å².